The third-order valence-electron chi connectivity index (χ3n) is 5.34. The van der Waals surface area contributed by atoms with Crippen molar-refractivity contribution in [3.8, 4) is 0 Å². The minimum Gasteiger partial charge on any atom is -0.344 e. The van der Waals surface area contributed by atoms with E-state index in [2.05, 4.69) is 72.9 Å². The number of hydrogen-bond donors (Lipinski definition) is 2. The number of hydrogen-bond acceptors (Lipinski definition) is 4. The van der Waals surface area contributed by atoms with E-state index in [0.29, 0.717) is 17.7 Å². The van der Waals surface area contributed by atoms with E-state index in [-0.39, 0.29) is 30.3 Å². The summed E-state index contributed by atoms with van der Waals surface area (Å²) in [5.74, 6) is 0.608. The van der Waals surface area contributed by atoms with Gasteiger partial charge in [0.25, 0.3) is 5.91 Å². The zero-order chi connectivity index (χ0) is 19.4. The van der Waals surface area contributed by atoms with Gasteiger partial charge < -0.3 is 10.6 Å². The van der Waals surface area contributed by atoms with E-state index in [1.807, 2.05) is 4.68 Å². The molecule has 2 N–H and O–H groups in total. The van der Waals surface area contributed by atoms with Crippen LogP contribution in [0.5, 0.6) is 0 Å². The molecule has 1 aliphatic rings. The Hall–Kier alpha value is -1.92. The van der Waals surface area contributed by atoms with Gasteiger partial charge in [-0.3, -0.25) is 4.79 Å². The number of carbonyl (C=O) groups excluding carboxylic acids is 1. The molecule has 154 valence electrons. The minimum absolute atomic E-state index is 0. The normalized spacial score (nSPS) is 16.1. The van der Waals surface area contributed by atoms with Gasteiger partial charge in [-0.15, -0.1) is 17.5 Å². The first-order valence-corrected chi connectivity index (χ1v) is 9.99. The number of nitrogens with zero attached hydrogens (tertiary/aromatic N) is 3. The first-order chi connectivity index (χ1) is 13.0. The van der Waals surface area contributed by atoms with Gasteiger partial charge in [0.05, 0.1) is 18.3 Å². The van der Waals surface area contributed by atoms with E-state index in [9.17, 15) is 4.79 Å². The van der Waals surface area contributed by atoms with Crippen LogP contribution >= 0.6 is 12.4 Å². The summed E-state index contributed by atoms with van der Waals surface area (Å²) in [6.07, 6.45) is 3.81. The van der Waals surface area contributed by atoms with Crippen LogP contribution < -0.4 is 10.6 Å². The van der Waals surface area contributed by atoms with Crippen molar-refractivity contribution in [2.45, 2.75) is 58.5 Å². The molecule has 6 nitrogen and oxygen atoms in total. The smallest absolute Gasteiger partial charge is 0.273 e. The van der Waals surface area contributed by atoms with E-state index in [1.165, 1.54) is 5.56 Å². The second-order valence-electron chi connectivity index (χ2n) is 8.08. The van der Waals surface area contributed by atoms with Crippen LogP contribution in [-0.4, -0.2) is 34.0 Å². The molecule has 3 rings (SSSR count). The Morgan fingerprint density at radius 2 is 1.71 bits per heavy atom. The van der Waals surface area contributed by atoms with Gasteiger partial charge >= 0.3 is 0 Å². The predicted octanol–water partition coefficient (Wildman–Crippen LogP) is 3.87. The Bertz CT molecular complexity index is 750. The summed E-state index contributed by atoms with van der Waals surface area (Å²) in [6, 6.07) is 8.80. The van der Waals surface area contributed by atoms with Crippen LogP contribution in [0.25, 0.3) is 0 Å². The van der Waals surface area contributed by atoms with Gasteiger partial charge in [0.2, 0.25) is 0 Å². The fraction of sp³-hybridized carbons (Fsp3) is 0.571. The summed E-state index contributed by atoms with van der Waals surface area (Å²) in [6.45, 7) is 10.6. The van der Waals surface area contributed by atoms with E-state index in [1.54, 1.807) is 6.20 Å². The third kappa shape index (κ3) is 5.32. The molecule has 0 saturated carbocycles. The van der Waals surface area contributed by atoms with Crippen molar-refractivity contribution in [3.63, 3.8) is 0 Å². The number of benzene rings is 1. The second-order valence-corrected chi connectivity index (χ2v) is 8.08. The first kappa shape index (κ1) is 22.4. The molecule has 1 aromatic heterocycles. The highest BCUT2D eigenvalue weighted by molar-refractivity contribution is 5.92. The van der Waals surface area contributed by atoms with Gasteiger partial charge in [-0.1, -0.05) is 57.2 Å². The van der Waals surface area contributed by atoms with Crippen molar-refractivity contribution in [1.29, 1.82) is 0 Å². The highest BCUT2D eigenvalue weighted by Gasteiger charge is 2.23. The standard InChI is InChI=1S/C21H31N5O.ClH/c1-14(2)16-5-7-17(8-6-16)20(15(3)4)23-21(27)19-13-26(25-24-19)18-9-11-22-12-10-18;/h5-8,13-15,18,20,22H,9-12H2,1-4H3,(H,23,27);1H. The topological polar surface area (TPSA) is 71.8 Å². The number of halogens is 1. The fourth-order valence-corrected chi connectivity index (χ4v) is 3.57. The van der Waals surface area contributed by atoms with E-state index < -0.39 is 0 Å². The molecule has 1 amide bonds. The average Bonchev–Trinajstić information content (AvgIpc) is 3.17. The summed E-state index contributed by atoms with van der Waals surface area (Å²) in [7, 11) is 0. The van der Waals surface area contributed by atoms with Crippen molar-refractivity contribution in [3.05, 3.63) is 47.3 Å². The zero-order valence-electron chi connectivity index (χ0n) is 17.2. The average molecular weight is 406 g/mol. The largest absolute Gasteiger partial charge is 0.344 e. The molecule has 1 atom stereocenters. The van der Waals surface area contributed by atoms with Crippen molar-refractivity contribution >= 4 is 18.3 Å². The van der Waals surface area contributed by atoms with Crippen molar-refractivity contribution in [1.82, 2.24) is 25.6 Å². The number of nitrogens with one attached hydrogen (secondary N) is 2. The monoisotopic (exact) mass is 405 g/mol. The number of piperidine rings is 1. The lowest BCUT2D eigenvalue weighted by atomic mass is 9.93. The summed E-state index contributed by atoms with van der Waals surface area (Å²) in [4.78, 5) is 12.8. The lowest BCUT2D eigenvalue weighted by Gasteiger charge is -2.23. The summed E-state index contributed by atoms with van der Waals surface area (Å²) < 4.78 is 1.84. The Balaban J connectivity index is 0.00000280. The van der Waals surface area contributed by atoms with Gasteiger partial charge in [0.15, 0.2) is 5.69 Å². The SMILES string of the molecule is CC(C)c1ccc(C(NC(=O)c2cn(C3CCNCC3)nn2)C(C)C)cc1.Cl. The molecule has 1 aliphatic heterocycles. The maximum absolute atomic E-state index is 12.8. The maximum atomic E-state index is 12.8. The molecule has 1 saturated heterocycles. The lowest BCUT2D eigenvalue weighted by molar-refractivity contribution is 0.0920. The maximum Gasteiger partial charge on any atom is 0.273 e. The molecular formula is C21H32ClN5O. The number of amides is 1. The predicted molar refractivity (Wildman–Crippen MR) is 114 cm³/mol. The van der Waals surface area contributed by atoms with Crippen molar-refractivity contribution in [2.24, 2.45) is 5.92 Å². The van der Waals surface area contributed by atoms with Crippen LogP contribution in [0.2, 0.25) is 0 Å². The van der Waals surface area contributed by atoms with Crippen molar-refractivity contribution in [2.75, 3.05) is 13.1 Å². The molecule has 0 radical (unpaired) electrons. The van der Waals surface area contributed by atoms with Gasteiger partial charge in [0.1, 0.15) is 0 Å². The second kappa shape index (κ2) is 10.0. The number of carbonyl (C=O) groups is 1. The molecule has 0 aliphatic carbocycles. The van der Waals surface area contributed by atoms with Gasteiger partial charge in [0, 0.05) is 0 Å². The fourth-order valence-electron chi connectivity index (χ4n) is 3.57. The van der Waals surface area contributed by atoms with Gasteiger partial charge in [-0.05, 0) is 48.9 Å². The van der Waals surface area contributed by atoms with Crippen LogP contribution in [-0.2, 0) is 0 Å². The van der Waals surface area contributed by atoms with Gasteiger partial charge in [-0.2, -0.15) is 0 Å². The number of aromatic nitrogens is 3. The molecule has 7 heteroatoms. The summed E-state index contributed by atoms with van der Waals surface area (Å²) in [5.41, 5.74) is 2.81. The van der Waals surface area contributed by atoms with Gasteiger partial charge in [-0.25, -0.2) is 4.68 Å². The van der Waals surface area contributed by atoms with E-state index in [4.69, 9.17) is 0 Å². The third-order valence-corrected chi connectivity index (χ3v) is 5.34. The molecule has 1 aromatic carbocycles. The van der Waals surface area contributed by atoms with Crippen LogP contribution in [0.3, 0.4) is 0 Å². The Morgan fingerprint density at radius 1 is 1.11 bits per heavy atom. The van der Waals surface area contributed by atoms with Crippen LogP contribution in [0.4, 0.5) is 0 Å². The molecule has 2 aromatic rings. The Labute approximate surface area is 173 Å². The summed E-state index contributed by atoms with van der Waals surface area (Å²) >= 11 is 0. The first-order valence-electron chi connectivity index (χ1n) is 9.99. The van der Waals surface area contributed by atoms with Crippen LogP contribution in [0, 0.1) is 5.92 Å². The summed E-state index contributed by atoms with van der Waals surface area (Å²) in [5, 5.41) is 14.8. The zero-order valence-corrected chi connectivity index (χ0v) is 18.0. The minimum atomic E-state index is -0.165. The van der Waals surface area contributed by atoms with E-state index >= 15 is 0 Å². The molecule has 1 fully saturated rings. The highest BCUT2D eigenvalue weighted by atomic mass is 35.5. The van der Waals surface area contributed by atoms with Crippen molar-refractivity contribution < 1.29 is 4.79 Å². The number of rotatable bonds is 6. The van der Waals surface area contributed by atoms with Crippen LogP contribution in [0.1, 0.15) is 80.2 Å². The molecule has 0 spiro atoms. The molecular weight excluding hydrogens is 374 g/mol. The Kier molecular flexibility index (Phi) is 8.01. The van der Waals surface area contributed by atoms with Crippen LogP contribution in [0.15, 0.2) is 30.5 Å². The molecule has 0 bridgehead atoms. The Morgan fingerprint density at radius 3 is 2.29 bits per heavy atom. The molecule has 2 heterocycles. The lowest BCUT2D eigenvalue weighted by Crippen LogP contribution is -2.32. The highest BCUT2D eigenvalue weighted by Crippen LogP contribution is 2.24. The molecule has 28 heavy (non-hydrogen) atoms. The van der Waals surface area contributed by atoms with E-state index in [0.717, 1.165) is 31.5 Å². The quantitative estimate of drug-likeness (QED) is 0.765. The molecule has 1 unspecified atom stereocenters.